The lowest BCUT2D eigenvalue weighted by Crippen LogP contribution is -2.32. The maximum atomic E-state index is 11.5. The number of unbranched alkanes of at least 4 members (excludes halogenated alkanes) is 1. The zero-order valence-corrected chi connectivity index (χ0v) is 23.2. The van der Waals surface area contributed by atoms with Crippen molar-refractivity contribution in [1.82, 2.24) is 9.88 Å². The van der Waals surface area contributed by atoms with Gasteiger partial charge in [0, 0.05) is 29.9 Å². The second kappa shape index (κ2) is 11.4. The molecule has 0 spiro atoms. The Morgan fingerprint density at radius 2 is 1.71 bits per heavy atom. The SMILES string of the molecule is CC(C)(C(=O)O)c1ccc(CCCCN2CCC(=C3c4ccc(Cl)cc4CCc4cccnc43)CC2)cc1. The van der Waals surface area contributed by atoms with Gasteiger partial charge in [-0.15, -0.1) is 0 Å². The van der Waals surface area contributed by atoms with Crippen molar-refractivity contribution in [2.75, 3.05) is 19.6 Å². The average Bonchev–Trinajstić information content (AvgIpc) is 3.08. The average molecular weight is 529 g/mol. The van der Waals surface area contributed by atoms with E-state index in [1.54, 1.807) is 13.8 Å². The number of nitrogens with zero attached hydrogens (tertiary/aromatic N) is 2. The summed E-state index contributed by atoms with van der Waals surface area (Å²) in [7, 11) is 0. The van der Waals surface area contributed by atoms with Crippen molar-refractivity contribution in [3.05, 3.63) is 105 Å². The van der Waals surface area contributed by atoms with Gasteiger partial charge in [-0.3, -0.25) is 9.78 Å². The fourth-order valence-corrected chi connectivity index (χ4v) is 6.00. The topological polar surface area (TPSA) is 53.4 Å². The molecule has 38 heavy (non-hydrogen) atoms. The summed E-state index contributed by atoms with van der Waals surface area (Å²) in [4.78, 5) is 19.0. The molecule has 1 saturated heterocycles. The number of likely N-dealkylation sites (tertiary alicyclic amines) is 1. The summed E-state index contributed by atoms with van der Waals surface area (Å²) in [5, 5.41) is 10.3. The van der Waals surface area contributed by atoms with Crippen LogP contribution in [0.1, 0.15) is 73.0 Å². The van der Waals surface area contributed by atoms with Crippen molar-refractivity contribution in [3.63, 3.8) is 0 Å². The van der Waals surface area contributed by atoms with E-state index in [0.29, 0.717) is 0 Å². The molecule has 0 saturated carbocycles. The quantitative estimate of drug-likeness (QED) is 0.332. The van der Waals surface area contributed by atoms with Gasteiger partial charge in [0.2, 0.25) is 0 Å². The van der Waals surface area contributed by atoms with E-state index < -0.39 is 11.4 Å². The van der Waals surface area contributed by atoms with Crippen molar-refractivity contribution in [2.24, 2.45) is 0 Å². The fraction of sp³-hybridized carbons (Fsp3) is 0.394. The number of hydrogen-bond acceptors (Lipinski definition) is 3. The summed E-state index contributed by atoms with van der Waals surface area (Å²) in [5.41, 5.74) is 9.29. The number of piperidine rings is 1. The molecule has 2 aromatic carbocycles. The van der Waals surface area contributed by atoms with Crippen LogP contribution in [0.5, 0.6) is 0 Å². The van der Waals surface area contributed by atoms with Crippen LogP contribution in [0.4, 0.5) is 0 Å². The number of carboxylic acids is 1. The first-order chi connectivity index (χ1) is 18.3. The van der Waals surface area contributed by atoms with Crippen molar-refractivity contribution in [3.8, 4) is 0 Å². The monoisotopic (exact) mass is 528 g/mol. The molecule has 1 aliphatic carbocycles. The lowest BCUT2D eigenvalue weighted by Gasteiger charge is -2.30. The lowest BCUT2D eigenvalue weighted by molar-refractivity contribution is -0.142. The Kier molecular flexibility index (Phi) is 8.01. The molecule has 1 aliphatic heterocycles. The Labute approximate surface area is 231 Å². The molecule has 4 nitrogen and oxygen atoms in total. The number of aryl methyl sites for hydroxylation is 3. The van der Waals surface area contributed by atoms with Crippen LogP contribution in [-0.4, -0.2) is 40.6 Å². The van der Waals surface area contributed by atoms with E-state index in [0.717, 1.165) is 74.4 Å². The molecule has 0 bridgehead atoms. The van der Waals surface area contributed by atoms with E-state index in [2.05, 4.69) is 41.3 Å². The Bertz CT molecular complexity index is 1330. The number of aromatic nitrogens is 1. The number of carbonyl (C=O) groups is 1. The molecule has 1 N–H and O–H groups in total. The van der Waals surface area contributed by atoms with Gasteiger partial charge in [0.1, 0.15) is 0 Å². The van der Waals surface area contributed by atoms with E-state index in [9.17, 15) is 9.90 Å². The van der Waals surface area contributed by atoms with Gasteiger partial charge in [-0.25, -0.2) is 0 Å². The number of halogens is 1. The predicted octanol–water partition coefficient (Wildman–Crippen LogP) is 7.12. The zero-order valence-electron chi connectivity index (χ0n) is 22.5. The minimum absolute atomic E-state index is 0.793. The number of pyridine rings is 1. The van der Waals surface area contributed by atoms with Gasteiger partial charge in [-0.2, -0.15) is 0 Å². The van der Waals surface area contributed by atoms with E-state index >= 15 is 0 Å². The summed E-state index contributed by atoms with van der Waals surface area (Å²) in [6.07, 6.45) is 9.41. The lowest BCUT2D eigenvalue weighted by atomic mass is 9.84. The largest absolute Gasteiger partial charge is 0.481 e. The standard InChI is InChI=1S/C33H37ClN2O2/c1-33(2,32(37)38)27-12-8-23(9-13-27)6-3-4-19-36-20-16-24(17-21-36)30-29-15-14-28(34)22-26(29)11-10-25-7-5-18-35-31(25)30/h5,7-9,12-15,18,22H,3-4,6,10-11,16-17,19-21H2,1-2H3,(H,37,38). The smallest absolute Gasteiger partial charge is 0.313 e. The van der Waals surface area contributed by atoms with Gasteiger partial charge < -0.3 is 10.0 Å². The van der Waals surface area contributed by atoms with Gasteiger partial charge in [-0.05, 0) is 111 Å². The van der Waals surface area contributed by atoms with Gasteiger partial charge >= 0.3 is 5.97 Å². The van der Waals surface area contributed by atoms with Crippen LogP contribution >= 0.6 is 11.6 Å². The third-order valence-corrected chi connectivity index (χ3v) is 8.58. The summed E-state index contributed by atoms with van der Waals surface area (Å²) < 4.78 is 0. The Morgan fingerprint density at radius 1 is 0.974 bits per heavy atom. The van der Waals surface area contributed by atoms with Gasteiger partial charge in [0.05, 0.1) is 11.1 Å². The van der Waals surface area contributed by atoms with Gasteiger partial charge in [0.25, 0.3) is 0 Å². The van der Waals surface area contributed by atoms with Gasteiger partial charge in [0.15, 0.2) is 0 Å². The molecule has 5 rings (SSSR count). The Hall–Kier alpha value is -2.95. The maximum Gasteiger partial charge on any atom is 0.313 e. The van der Waals surface area contributed by atoms with Crippen molar-refractivity contribution >= 4 is 23.1 Å². The third-order valence-electron chi connectivity index (χ3n) is 8.34. The van der Waals surface area contributed by atoms with Crippen LogP contribution in [-0.2, 0) is 29.5 Å². The first kappa shape index (κ1) is 26.6. The van der Waals surface area contributed by atoms with Crippen molar-refractivity contribution in [1.29, 1.82) is 0 Å². The molecule has 2 heterocycles. The van der Waals surface area contributed by atoms with E-state index in [1.807, 2.05) is 24.4 Å². The molecular formula is C33H37ClN2O2. The van der Waals surface area contributed by atoms with Crippen LogP contribution in [0.15, 0.2) is 66.4 Å². The van der Waals surface area contributed by atoms with Crippen LogP contribution in [0.25, 0.3) is 5.57 Å². The number of rotatable bonds is 7. The molecule has 1 aromatic heterocycles. The minimum atomic E-state index is -0.856. The van der Waals surface area contributed by atoms with Crippen molar-refractivity contribution < 1.29 is 9.90 Å². The Balaban J connectivity index is 1.19. The molecule has 2 aliphatic rings. The third kappa shape index (κ3) is 5.72. The Morgan fingerprint density at radius 3 is 2.45 bits per heavy atom. The predicted molar refractivity (Wildman–Crippen MR) is 155 cm³/mol. The van der Waals surface area contributed by atoms with E-state index in [-0.39, 0.29) is 0 Å². The number of aliphatic carboxylic acids is 1. The second-order valence-corrected chi connectivity index (χ2v) is 11.7. The number of carboxylic acid groups (broad SMARTS) is 1. The number of benzene rings is 2. The van der Waals surface area contributed by atoms with Gasteiger partial charge in [-0.1, -0.05) is 53.6 Å². The highest BCUT2D eigenvalue weighted by Crippen LogP contribution is 2.38. The maximum absolute atomic E-state index is 11.5. The van der Waals surface area contributed by atoms with Crippen LogP contribution in [0, 0.1) is 0 Å². The first-order valence-corrected chi connectivity index (χ1v) is 14.2. The molecule has 3 aromatic rings. The summed E-state index contributed by atoms with van der Waals surface area (Å²) in [6.45, 7) is 6.80. The first-order valence-electron chi connectivity index (χ1n) is 13.8. The van der Waals surface area contributed by atoms with Crippen LogP contribution < -0.4 is 0 Å². The molecule has 1 fully saturated rings. The second-order valence-electron chi connectivity index (χ2n) is 11.2. The van der Waals surface area contributed by atoms with Crippen LogP contribution in [0.3, 0.4) is 0 Å². The van der Waals surface area contributed by atoms with Crippen LogP contribution in [0.2, 0.25) is 5.02 Å². The van der Waals surface area contributed by atoms with Crippen molar-refractivity contribution in [2.45, 2.75) is 64.2 Å². The summed E-state index contributed by atoms with van der Waals surface area (Å²) >= 11 is 6.37. The molecule has 0 radical (unpaired) electrons. The van der Waals surface area contributed by atoms with E-state index in [4.69, 9.17) is 16.6 Å². The zero-order chi connectivity index (χ0) is 26.7. The summed E-state index contributed by atoms with van der Waals surface area (Å²) in [6, 6.07) is 18.7. The molecule has 5 heteroatoms. The number of fused-ring (bicyclic) bond motifs is 2. The molecule has 0 atom stereocenters. The number of hydrogen-bond donors (Lipinski definition) is 1. The highest BCUT2D eigenvalue weighted by Gasteiger charge is 2.29. The minimum Gasteiger partial charge on any atom is -0.481 e. The fourth-order valence-electron chi connectivity index (χ4n) is 5.81. The normalized spacial score (nSPS) is 16.1. The highest BCUT2D eigenvalue weighted by atomic mass is 35.5. The molecule has 0 amide bonds. The molecular weight excluding hydrogens is 492 g/mol. The summed E-state index contributed by atoms with van der Waals surface area (Å²) in [5.74, 6) is -0.793. The molecule has 198 valence electrons. The molecule has 0 unspecified atom stereocenters. The highest BCUT2D eigenvalue weighted by molar-refractivity contribution is 6.30. The van der Waals surface area contributed by atoms with E-state index in [1.165, 1.54) is 39.8 Å².